The van der Waals surface area contributed by atoms with E-state index in [0.717, 1.165) is 32.5 Å². The second kappa shape index (κ2) is 9.55. The topological polar surface area (TPSA) is 33.0 Å². The summed E-state index contributed by atoms with van der Waals surface area (Å²) in [5.41, 5.74) is 1.09. The number of hydrogen-bond acceptors (Lipinski definition) is 2. The summed E-state index contributed by atoms with van der Waals surface area (Å²) in [5, 5.41) is 8.92. The molecule has 0 aliphatic rings. The molecule has 0 aliphatic heterocycles. The van der Waals surface area contributed by atoms with E-state index in [1.165, 1.54) is 24.8 Å². The zero-order valence-electron chi connectivity index (χ0n) is 12.9. The Hall–Kier alpha value is -1.33. The van der Waals surface area contributed by atoms with Crippen LogP contribution in [0.2, 0.25) is 0 Å². The number of rotatable bonds is 10. The Bertz CT molecular complexity index is 392. The van der Waals surface area contributed by atoms with Gasteiger partial charge in [0.05, 0.1) is 18.1 Å². The molecule has 110 valence electrons. The molecule has 0 amide bonds. The van der Waals surface area contributed by atoms with E-state index in [4.69, 9.17) is 10.00 Å². The minimum atomic E-state index is -0.154. The van der Waals surface area contributed by atoms with E-state index < -0.39 is 0 Å². The third-order valence-corrected chi connectivity index (χ3v) is 3.50. The SMILES string of the molecule is CC(C)(C#N)CCCCCCCOCc1ccccc1. The predicted molar refractivity (Wildman–Crippen MR) is 83.2 cm³/mol. The van der Waals surface area contributed by atoms with Gasteiger partial charge >= 0.3 is 0 Å². The summed E-state index contributed by atoms with van der Waals surface area (Å²) in [4.78, 5) is 0. The van der Waals surface area contributed by atoms with E-state index in [1.54, 1.807) is 0 Å². The Morgan fingerprint density at radius 1 is 1.00 bits per heavy atom. The van der Waals surface area contributed by atoms with E-state index in [0.29, 0.717) is 0 Å². The monoisotopic (exact) mass is 273 g/mol. The van der Waals surface area contributed by atoms with Gasteiger partial charge in [-0.2, -0.15) is 5.26 Å². The lowest BCUT2D eigenvalue weighted by Crippen LogP contribution is -2.06. The summed E-state index contributed by atoms with van der Waals surface area (Å²) in [6.07, 6.45) is 7.00. The lowest BCUT2D eigenvalue weighted by atomic mass is 9.88. The molecule has 20 heavy (non-hydrogen) atoms. The van der Waals surface area contributed by atoms with Crippen LogP contribution < -0.4 is 0 Å². The van der Waals surface area contributed by atoms with E-state index in [9.17, 15) is 0 Å². The molecule has 0 aliphatic carbocycles. The van der Waals surface area contributed by atoms with Gasteiger partial charge in [0, 0.05) is 6.61 Å². The molecule has 0 aromatic heterocycles. The molecule has 1 aromatic carbocycles. The van der Waals surface area contributed by atoms with Gasteiger partial charge in [-0.3, -0.25) is 0 Å². The second-order valence-electron chi connectivity index (χ2n) is 6.05. The third kappa shape index (κ3) is 7.96. The maximum atomic E-state index is 8.92. The van der Waals surface area contributed by atoms with Crippen molar-refractivity contribution in [2.75, 3.05) is 6.61 Å². The lowest BCUT2D eigenvalue weighted by molar-refractivity contribution is 0.116. The molecule has 0 heterocycles. The van der Waals surface area contributed by atoms with Gasteiger partial charge in [-0.15, -0.1) is 0 Å². The maximum absolute atomic E-state index is 8.92. The summed E-state index contributed by atoms with van der Waals surface area (Å²) >= 11 is 0. The number of unbranched alkanes of at least 4 members (excludes halogenated alkanes) is 4. The Balaban J connectivity index is 1.90. The standard InChI is InChI=1S/C18H27NO/c1-18(2,16-19)13-9-4-3-5-10-14-20-15-17-11-7-6-8-12-17/h6-8,11-12H,3-5,9-10,13-15H2,1-2H3. The fraction of sp³-hybridized carbons (Fsp3) is 0.611. The first-order chi connectivity index (χ1) is 9.64. The fourth-order valence-corrected chi connectivity index (χ4v) is 2.12. The van der Waals surface area contributed by atoms with Crippen LogP contribution in [-0.2, 0) is 11.3 Å². The summed E-state index contributed by atoms with van der Waals surface area (Å²) in [6.45, 7) is 5.60. The first-order valence-electron chi connectivity index (χ1n) is 7.67. The third-order valence-electron chi connectivity index (χ3n) is 3.50. The fourth-order valence-electron chi connectivity index (χ4n) is 2.12. The van der Waals surface area contributed by atoms with Crippen molar-refractivity contribution in [3.8, 4) is 6.07 Å². The number of nitriles is 1. The van der Waals surface area contributed by atoms with Crippen LogP contribution in [0.5, 0.6) is 0 Å². The highest BCUT2D eigenvalue weighted by molar-refractivity contribution is 5.13. The second-order valence-corrected chi connectivity index (χ2v) is 6.05. The summed E-state index contributed by atoms with van der Waals surface area (Å²) < 4.78 is 5.65. The first-order valence-corrected chi connectivity index (χ1v) is 7.67. The molecule has 2 nitrogen and oxygen atoms in total. The molecular weight excluding hydrogens is 246 g/mol. The van der Waals surface area contributed by atoms with E-state index >= 15 is 0 Å². The molecule has 0 radical (unpaired) electrons. The van der Waals surface area contributed by atoms with Crippen LogP contribution in [-0.4, -0.2) is 6.61 Å². The molecule has 0 N–H and O–H groups in total. The average molecular weight is 273 g/mol. The van der Waals surface area contributed by atoms with Crippen LogP contribution in [0.4, 0.5) is 0 Å². The highest BCUT2D eigenvalue weighted by Crippen LogP contribution is 2.22. The average Bonchev–Trinajstić information content (AvgIpc) is 2.46. The number of benzene rings is 1. The lowest BCUT2D eigenvalue weighted by Gasteiger charge is -2.14. The Morgan fingerprint density at radius 2 is 1.65 bits per heavy atom. The number of ether oxygens (including phenoxy) is 1. The van der Waals surface area contributed by atoms with Gasteiger partial charge in [0.15, 0.2) is 0 Å². The van der Waals surface area contributed by atoms with Crippen molar-refractivity contribution in [1.82, 2.24) is 0 Å². The van der Waals surface area contributed by atoms with Gasteiger partial charge in [0.1, 0.15) is 0 Å². The molecule has 0 unspecified atom stereocenters. The Kier molecular flexibility index (Phi) is 7.99. The Morgan fingerprint density at radius 3 is 2.35 bits per heavy atom. The summed E-state index contributed by atoms with van der Waals surface area (Å²) in [5.74, 6) is 0. The van der Waals surface area contributed by atoms with E-state index in [2.05, 4.69) is 18.2 Å². The molecular formula is C18H27NO. The molecule has 1 rings (SSSR count). The van der Waals surface area contributed by atoms with Gasteiger partial charge in [0.2, 0.25) is 0 Å². The normalized spacial score (nSPS) is 11.2. The van der Waals surface area contributed by atoms with E-state index in [-0.39, 0.29) is 5.41 Å². The minimum absolute atomic E-state index is 0.154. The van der Waals surface area contributed by atoms with Gasteiger partial charge in [-0.05, 0) is 32.3 Å². The molecule has 1 aromatic rings. The molecule has 0 saturated heterocycles. The van der Waals surface area contributed by atoms with Gasteiger partial charge < -0.3 is 4.74 Å². The largest absolute Gasteiger partial charge is 0.377 e. The van der Waals surface area contributed by atoms with E-state index in [1.807, 2.05) is 32.0 Å². The molecule has 0 bridgehead atoms. The molecule has 0 fully saturated rings. The van der Waals surface area contributed by atoms with Gasteiger partial charge in [0.25, 0.3) is 0 Å². The van der Waals surface area contributed by atoms with Crippen LogP contribution in [0.3, 0.4) is 0 Å². The van der Waals surface area contributed by atoms with Crippen molar-refractivity contribution in [2.24, 2.45) is 5.41 Å². The van der Waals surface area contributed by atoms with Crippen molar-refractivity contribution < 1.29 is 4.74 Å². The highest BCUT2D eigenvalue weighted by Gasteiger charge is 2.14. The van der Waals surface area contributed by atoms with Crippen molar-refractivity contribution >= 4 is 0 Å². The van der Waals surface area contributed by atoms with Crippen molar-refractivity contribution in [3.63, 3.8) is 0 Å². The molecule has 2 heteroatoms. The number of nitrogens with zero attached hydrogens (tertiary/aromatic N) is 1. The van der Waals surface area contributed by atoms with Crippen molar-refractivity contribution in [1.29, 1.82) is 5.26 Å². The quantitative estimate of drug-likeness (QED) is 0.556. The van der Waals surface area contributed by atoms with Crippen LogP contribution in [0.25, 0.3) is 0 Å². The molecule has 0 saturated carbocycles. The van der Waals surface area contributed by atoms with Gasteiger partial charge in [-0.1, -0.05) is 56.0 Å². The zero-order valence-corrected chi connectivity index (χ0v) is 12.9. The maximum Gasteiger partial charge on any atom is 0.0716 e. The van der Waals surface area contributed by atoms with Gasteiger partial charge in [-0.25, -0.2) is 0 Å². The van der Waals surface area contributed by atoms with Crippen LogP contribution >= 0.6 is 0 Å². The highest BCUT2D eigenvalue weighted by atomic mass is 16.5. The van der Waals surface area contributed by atoms with Crippen LogP contribution in [0.15, 0.2) is 30.3 Å². The van der Waals surface area contributed by atoms with Crippen LogP contribution in [0.1, 0.15) is 57.9 Å². The van der Waals surface area contributed by atoms with Crippen molar-refractivity contribution in [2.45, 2.75) is 59.0 Å². The molecule has 0 atom stereocenters. The molecule has 0 spiro atoms. The smallest absolute Gasteiger partial charge is 0.0716 e. The first kappa shape index (κ1) is 16.7. The Labute approximate surface area is 123 Å². The van der Waals surface area contributed by atoms with Crippen molar-refractivity contribution in [3.05, 3.63) is 35.9 Å². The summed E-state index contributed by atoms with van der Waals surface area (Å²) in [6, 6.07) is 12.7. The minimum Gasteiger partial charge on any atom is -0.377 e. The summed E-state index contributed by atoms with van der Waals surface area (Å²) in [7, 11) is 0. The predicted octanol–water partition coefficient (Wildman–Crippen LogP) is 5.09. The van der Waals surface area contributed by atoms with Crippen LogP contribution in [0, 0.1) is 16.7 Å². The number of hydrogen-bond donors (Lipinski definition) is 0. The zero-order chi connectivity index (χ0) is 14.7.